The molecule has 0 aromatic heterocycles. The molecule has 0 aliphatic rings. The van der Waals surface area contributed by atoms with Crippen molar-refractivity contribution in [2.45, 2.75) is 32.5 Å². The van der Waals surface area contributed by atoms with Gasteiger partial charge in [-0.25, -0.2) is 0 Å². The van der Waals surface area contributed by atoms with Crippen LogP contribution in [-0.4, -0.2) is 58.1 Å². The number of rotatable bonds is 12. The maximum atomic E-state index is 5.53. The zero-order chi connectivity index (χ0) is 12.9. The average molecular weight is 266 g/mol. The highest BCUT2D eigenvalue weighted by Crippen LogP contribution is 1.95. The molecular formula is C12H26O4S. The Balaban J connectivity index is 3.18. The molecule has 0 aliphatic carbocycles. The first kappa shape index (κ1) is 17.2. The van der Waals surface area contributed by atoms with Crippen LogP contribution in [0, 0.1) is 0 Å². The Morgan fingerprint density at radius 2 is 1.59 bits per heavy atom. The van der Waals surface area contributed by atoms with Gasteiger partial charge in [-0.05, 0) is 26.0 Å². The highest BCUT2D eigenvalue weighted by atomic mass is 32.1. The van der Waals surface area contributed by atoms with E-state index < -0.39 is 0 Å². The van der Waals surface area contributed by atoms with Gasteiger partial charge in [-0.15, -0.1) is 0 Å². The summed E-state index contributed by atoms with van der Waals surface area (Å²) in [6.07, 6.45) is 1.23. The molecule has 0 bridgehead atoms. The van der Waals surface area contributed by atoms with Crippen molar-refractivity contribution in [3.63, 3.8) is 0 Å². The third kappa shape index (κ3) is 12.4. The second kappa shape index (κ2) is 12.6. The summed E-state index contributed by atoms with van der Waals surface area (Å²) in [7, 11) is 1.68. The standard InChI is InChI=1S/C12H26O4S/c1-11(13-3)9-15-6-7-16-12(2)10-14-5-4-8-17/h11-12,17H,4-10H2,1-3H3. The molecule has 0 amide bonds. The lowest BCUT2D eigenvalue weighted by atomic mass is 10.4. The van der Waals surface area contributed by atoms with Crippen LogP contribution >= 0.6 is 12.6 Å². The molecule has 0 aliphatic heterocycles. The van der Waals surface area contributed by atoms with Crippen LogP contribution in [0.2, 0.25) is 0 Å². The van der Waals surface area contributed by atoms with Crippen LogP contribution in [-0.2, 0) is 18.9 Å². The Hall–Kier alpha value is 0.190. The number of hydrogen-bond donors (Lipinski definition) is 1. The molecule has 0 heterocycles. The van der Waals surface area contributed by atoms with Crippen LogP contribution < -0.4 is 0 Å². The Labute approximate surface area is 110 Å². The molecule has 5 heteroatoms. The molecule has 4 nitrogen and oxygen atoms in total. The first-order chi connectivity index (χ1) is 8.20. The predicted octanol–water partition coefficient (Wildman–Crippen LogP) is 1.78. The predicted molar refractivity (Wildman–Crippen MR) is 72.0 cm³/mol. The van der Waals surface area contributed by atoms with E-state index in [2.05, 4.69) is 12.6 Å². The van der Waals surface area contributed by atoms with Crippen molar-refractivity contribution in [3.8, 4) is 0 Å². The van der Waals surface area contributed by atoms with Gasteiger partial charge in [0.2, 0.25) is 0 Å². The number of methoxy groups -OCH3 is 1. The first-order valence-electron chi connectivity index (χ1n) is 6.11. The van der Waals surface area contributed by atoms with E-state index in [4.69, 9.17) is 18.9 Å². The normalized spacial score (nSPS) is 14.8. The summed E-state index contributed by atoms with van der Waals surface area (Å²) in [4.78, 5) is 0. The van der Waals surface area contributed by atoms with E-state index in [9.17, 15) is 0 Å². The Kier molecular flexibility index (Phi) is 12.8. The summed E-state index contributed by atoms with van der Waals surface area (Å²) in [6.45, 7) is 7.13. The van der Waals surface area contributed by atoms with E-state index >= 15 is 0 Å². The first-order valence-corrected chi connectivity index (χ1v) is 6.74. The van der Waals surface area contributed by atoms with Crippen LogP contribution in [0.5, 0.6) is 0 Å². The third-order valence-electron chi connectivity index (χ3n) is 2.18. The zero-order valence-electron chi connectivity index (χ0n) is 11.2. The Morgan fingerprint density at radius 3 is 2.24 bits per heavy atom. The van der Waals surface area contributed by atoms with Crippen LogP contribution in [0.15, 0.2) is 0 Å². The average Bonchev–Trinajstić information content (AvgIpc) is 2.34. The van der Waals surface area contributed by atoms with Crippen molar-refractivity contribution in [1.29, 1.82) is 0 Å². The van der Waals surface area contributed by atoms with E-state index in [0.717, 1.165) is 18.8 Å². The highest BCUT2D eigenvalue weighted by Gasteiger charge is 2.03. The third-order valence-corrected chi connectivity index (χ3v) is 2.50. The molecule has 104 valence electrons. The maximum Gasteiger partial charge on any atom is 0.0781 e. The van der Waals surface area contributed by atoms with E-state index in [0.29, 0.717) is 26.4 Å². The van der Waals surface area contributed by atoms with Gasteiger partial charge in [-0.1, -0.05) is 0 Å². The minimum absolute atomic E-state index is 0.110. The Bertz CT molecular complexity index is 157. The molecule has 0 saturated carbocycles. The molecule has 0 radical (unpaired) electrons. The van der Waals surface area contributed by atoms with E-state index in [1.54, 1.807) is 7.11 Å². The minimum Gasteiger partial charge on any atom is -0.379 e. The molecule has 17 heavy (non-hydrogen) atoms. The number of thiol groups is 1. The molecule has 0 aromatic rings. The molecule has 2 atom stereocenters. The van der Waals surface area contributed by atoms with Crippen molar-refractivity contribution in [2.24, 2.45) is 0 Å². The smallest absolute Gasteiger partial charge is 0.0781 e. The van der Waals surface area contributed by atoms with Crippen molar-refractivity contribution >= 4 is 12.6 Å². The summed E-state index contributed by atoms with van der Waals surface area (Å²) in [5.41, 5.74) is 0. The fraction of sp³-hybridized carbons (Fsp3) is 1.00. The van der Waals surface area contributed by atoms with Gasteiger partial charge in [0.05, 0.1) is 38.6 Å². The summed E-state index contributed by atoms with van der Waals surface area (Å²) in [5, 5.41) is 0. The van der Waals surface area contributed by atoms with Crippen LogP contribution in [0.4, 0.5) is 0 Å². The summed E-state index contributed by atoms with van der Waals surface area (Å²) in [6, 6.07) is 0. The summed E-state index contributed by atoms with van der Waals surface area (Å²) in [5.74, 6) is 0.862. The topological polar surface area (TPSA) is 36.9 Å². The monoisotopic (exact) mass is 266 g/mol. The molecule has 2 unspecified atom stereocenters. The van der Waals surface area contributed by atoms with Crippen molar-refractivity contribution in [3.05, 3.63) is 0 Å². The fourth-order valence-corrected chi connectivity index (χ4v) is 1.22. The van der Waals surface area contributed by atoms with Gasteiger partial charge in [0.25, 0.3) is 0 Å². The molecule has 0 spiro atoms. The molecule has 0 aromatic carbocycles. The number of hydrogen-bond acceptors (Lipinski definition) is 5. The van der Waals surface area contributed by atoms with E-state index in [1.807, 2.05) is 13.8 Å². The van der Waals surface area contributed by atoms with Crippen molar-refractivity contribution in [1.82, 2.24) is 0 Å². The minimum atomic E-state index is 0.110. The van der Waals surface area contributed by atoms with Gasteiger partial charge >= 0.3 is 0 Å². The summed E-state index contributed by atoms with van der Waals surface area (Å²) < 4.78 is 21.4. The lowest BCUT2D eigenvalue weighted by molar-refractivity contribution is -0.0435. The fourth-order valence-electron chi connectivity index (χ4n) is 1.09. The molecule has 0 saturated heterocycles. The lowest BCUT2D eigenvalue weighted by Gasteiger charge is -2.14. The Morgan fingerprint density at radius 1 is 0.941 bits per heavy atom. The van der Waals surface area contributed by atoms with Gasteiger partial charge < -0.3 is 18.9 Å². The SMILES string of the molecule is COC(C)COCCOC(C)COCCCS. The van der Waals surface area contributed by atoms with Crippen molar-refractivity contribution in [2.75, 3.05) is 45.9 Å². The molecule has 0 rings (SSSR count). The van der Waals surface area contributed by atoms with Gasteiger partial charge in [0.15, 0.2) is 0 Å². The van der Waals surface area contributed by atoms with Gasteiger partial charge in [0, 0.05) is 13.7 Å². The van der Waals surface area contributed by atoms with Gasteiger partial charge in [0.1, 0.15) is 0 Å². The molecule has 0 N–H and O–H groups in total. The van der Waals surface area contributed by atoms with Crippen LogP contribution in [0.3, 0.4) is 0 Å². The van der Waals surface area contributed by atoms with E-state index in [1.165, 1.54) is 0 Å². The quantitative estimate of drug-likeness (QED) is 0.431. The van der Waals surface area contributed by atoms with Crippen LogP contribution in [0.25, 0.3) is 0 Å². The van der Waals surface area contributed by atoms with Crippen molar-refractivity contribution < 1.29 is 18.9 Å². The largest absolute Gasteiger partial charge is 0.379 e. The second-order valence-corrected chi connectivity index (χ2v) is 4.40. The van der Waals surface area contributed by atoms with Crippen LogP contribution in [0.1, 0.15) is 20.3 Å². The van der Waals surface area contributed by atoms with Gasteiger partial charge in [-0.3, -0.25) is 0 Å². The lowest BCUT2D eigenvalue weighted by Crippen LogP contribution is -2.21. The summed E-state index contributed by atoms with van der Waals surface area (Å²) >= 11 is 4.11. The molecule has 0 fully saturated rings. The zero-order valence-corrected chi connectivity index (χ0v) is 12.1. The van der Waals surface area contributed by atoms with Gasteiger partial charge in [-0.2, -0.15) is 12.6 Å². The maximum absolute atomic E-state index is 5.53. The number of ether oxygens (including phenoxy) is 4. The highest BCUT2D eigenvalue weighted by molar-refractivity contribution is 7.80. The van der Waals surface area contributed by atoms with E-state index in [-0.39, 0.29) is 12.2 Å². The molecular weight excluding hydrogens is 240 g/mol. The second-order valence-electron chi connectivity index (χ2n) is 3.95.